The molecule has 0 spiro atoms. The molecule has 2 aromatic rings. The fourth-order valence-electron chi connectivity index (χ4n) is 2.50. The van der Waals surface area contributed by atoms with Gasteiger partial charge in [-0.2, -0.15) is 0 Å². The van der Waals surface area contributed by atoms with E-state index in [0.717, 1.165) is 0 Å². The minimum atomic E-state index is -0.627. The van der Waals surface area contributed by atoms with Crippen LogP contribution in [-0.4, -0.2) is 33.2 Å². The van der Waals surface area contributed by atoms with Gasteiger partial charge in [0.05, 0.1) is 21.3 Å². The number of esters is 1. The molecule has 0 radical (unpaired) electrons. The summed E-state index contributed by atoms with van der Waals surface area (Å²) in [6.45, 7) is 0. The van der Waals surface area contributed by atoms with E-state index in [1.54, 1.807) is 18.2 Å². The minimum absolute atomic E-state index is 0.0493. The Bertz CT molecular complexity index is 895. The van der Waals surface area contributed by atoms with Gasteiger partial charge in [-0.15, -0.1) is 0 Å². The first-order chi connectivity index (χ1) is 12.5. The Kier molecular flexibility index (Phi) is 4.88. The highest BCUT2D eigenvalue weighted by Gasteiger charge is 2.25. The van der Waals surface area contributed by atoms with E-state index in [0.29, 0.717) is 28.4 Å². The van der Waals surface area contributed by atoms with Crippen molar-refractivity contribution in [3.05, 3.63) is 59.0 Å². The number of ether oxygens (including phenoxy) is 4. The molecule has 7 heteroatoms. The lowest BCUT2D eigenvalue weighted by atomic mass is 10.1. The highest BCUT2D eigenvalue weighted by molar-refractivity contribution is 6.12. The van der Waals surface area contributed by atoms with Gasteiger partial charge in [0.25, 0.3) is 0 Å². The van der Waals surface area contributed by atoms with Gasteiger partial charge in [-0.3, -0.25) is 0 Å². The highest BCUT2D eigenvalue weighted by Crippen LogP contribution is 2.39. The molecule has 0 N–H and O–H groups in total. The fourth-order valence-corrected chi connectivity index (χ4v) is 2.50. The number of hydrogen-bond donors (Lipinski definition) is 0. The van der Waals surface area contributed by atoms with Crippen LogP contribution >= 0.6 is 0 Å². The van der Waals surface area contributed by atoms with Gasteiger partial charge >= 0.3 is 5.97 Å². The topological polar surface area (TPSA) is 66.4 Å². The van der Waals surface area contributed by atoms with E-state index in [9.17, 15) is 9.18 Å². The molecular weight excluding hydrogens is 341 g/mol. The summed E-state index contributed by atoms with van der Waals surface area (Å²) in [5.41, 5.74) is 1.07. The number of hydrogen-bond acceptors (Lipinski definition) is 6. The smallest absolute Gasteiger partial charge is 0.363 e. The highest BCUT2D eigenvalue weighted by atomic mass is 19.1. The molecule has 3 rings (SSSR count). The normalized spacial score (nSPS) is 14.8. The average molecular weight is 357 g/mol. The van der Waals surface area contributed by atoms with Crippen LogP contribution in [-0.2, 0) is 9.53 Å². The van der Waals surface area contributed by atoms with Crippen molar-refractivity contribution in [1.29, 1.82) is 0 Å². The molecule has 1 heterocycles. The second-order valence-corrected chi connectivity index (χ2v) is 5.31. The third kappa shape index (κ3) is 3.37. The lowest BCUT2D eigenvalue weighted by Gasteiger charge is -2.12. The summed E-state index contributed by atoms with van der Waals surface area (Å²) in [6.07, 6.45) is 1.53. The zero-order valence-electron chi connectivity index (χ0n) is 14.4. The van der Waals surface area contributed by atoms with E-state index >= 15 is 0 Å². The Morgan fingerprint density at radius 3 is 2.31 bits per heavy atom. The van der Waals surface area contributed by atoms with Crippen LogP contribution in [0.15, 0.2) is 47.1 Å². The number of halogens is 1. The molecule has 0 bridgehead atoms. The van der Waals surface area contributed by atoms with Crippen molar-refractivity contribution in [1.82, 2.24) is 0 Å². The molecule has 0 saturated heterocycles. The van der Waals surface area contributed by atoms with Gasteiger partial charge in [0, 0.05) is 5.56 Å². The summed E-state index contributed by atoms with van der Waals surface area (Å²) in [5.74, 6) is 0.309. The van der Waals surface area contributed by atoms with Crippen LogP contribution in [0.5, 0.6) is 17.2 Å². The van der Waals surface area contributed by atoms with Gasteiger partial charge in [-0.05, 0) is 42.0 Å². The van der Waals surface area contributed by atoms with Gasteiger partial charge in [-0.1, -0.05) is 6.07 Å². The number of rotatable bonds is 5. The summed E-state index contributed by atoms with van der Waals surface area (Å²) in [7, 11) is 4.50. The third-order valence-electron chi connectivity index (χ3n) is 3.68. The van der Waals surface area contributed by atoms with Crippen molar-refractivity contribution in [3.63, 3.8) is 0 Å². The molecule has 0 fully saturated rings. The Balaban J connectivity index is 2.00. The van der Waals surface area contributed by atoms with E-state index in [1.807, 2.05) is 0 Å². The second kappa shape index (κ2) is 7.26. The molecule has 0 saturated carbocycles. The predicted octanol–water partition coefficient (Wildman–Crippen LogP) is 3.20. The van der Waals surface area contributed by atoms with Crippen LogP contribution in [0.3, 0.4) is 0 Å². The molecule has 6 nitrogen and oxygen atoms in total. The molecule has 2 aromatic carbocycles. The molecule has 0 amide bonds. The molecule has 0 aliphatic carbocycles. The molecule has 1 aliphatic rings. The van der Waals surface area contributed by atoms with Crippen molar-refractivity contribution in [2.75, 3.05) is 21.3 Å². The zero-order valence-corrected chi connectivity index (χ0v) is 14.4. The molecule has 134 valence electrons. The summed E-state index contributed by atoms with van der Waals surface area (Å²) in [6, 6.07) is 9.02. The van der Waals surface area contributed by atoms with Crippen molar-refractivity contribution in [3.8, 4) is 17.2 Å². The molecule has 1 aliphatic heterocycles. The Morgan fingerprint density at radius 1 is 1.04 bits per heavy atom. The van der Waals surface area contributed by atoms with E-state index in [4.69, 9.17) is 18.9 Å². The number of cyclic esters (lactones) is 1. The standard InChI is InChI=1S/C19H16FNO5/c1-23-15-8-11(9-16(24-2)17(15)25-3)7-14-19(22)26-18(21-14)12-5-4-6-13(20)10-12/h4-10H,1-3H3/b14-7-. The van der Waals surface area contributed by atoms with Crippen molar-refractivity contribution in [2.24, 2.45) is 4.99 Å². The van der Waals surface area contributed by atoms with Crippen LogP contribution < -0.4 is 14.2 Å². The van der Waals surface area contributed by atoms with Gasteiger partial charge in [-0.25, -0.2) is 14.2 Å². The molecule has 0 atom stereocenters. The lowest BCUT2D eigenvalue weighted by Crippen LogP contribution is -2.05. The van der Waals surface area contributed by atoms with Crippen molar-refractivity contribution < 1.29 is 28.1 Å². The van der Waals surface area contributed by atoms with E-state index in [2.05, 4.69) is 4.99 Å². The van der Waals surface area contributed by atoms with Crippen molar-refractivity contribution >= 4 is 17.9 Å². The zero-order chi connectivity index (χ0) is 18.7. The largest absolute Gasteiger partial charge is 0.493 e. The van der Waals surface area contributed by atoms with Gasteiger partial charge in [0.2, 0.25) is 11.6 Å². The van der Waals surface area contributed by atoms with E-state index < -0.39 is 11.8 Å². The first-order valence-electron chi connectivity index (χ1n) is 7.64. The van der Waals surface area contributed by atoms with Gasteiger partial charge in [0.15, 0.2) is 17.2 Å². The quantitative estimate of drug-likeness (QED) is 0.607. The maximum atomic E-state index is 13.4. The maximum absolute atomic E-state index is 13.4. The van der Waals surface area contributed by atoms with Crippen LogP contribution in [0.1, 0.15) is 11.1 Å². The van der Waals surface area contributed by atoms with Crippen LogP contribution in [0.4, 0.5) is 4.39 Å². The van der Waals surface area contributed by atoms with Crippen LogP contribution in [0.25, 0.3) is 6.08 Å². The summed E-state index contributed by atoms with van der Waals surface area (Å²) in [4.78, 5) is 16.2. The lowest BCUT2D eigenvalue weighted by molar-refractivity contribution is -0.129. The van der Waals surface area contributed by atoms with Gasteiger partial charge in [0.1, 0.15) is 5.82 Å². The second-order valence-electron chi connectivity index (χ2n) is 5.31. The SMILES string of the molecule is COc1cc(/C=C2\N=C(c3cccc(F)c3)OC2=O)cc(OC)c1OC. The Hall–Kier alpha value is -3.35. The Morgan fingerprint density at radius 2 is 1.73 bits per heavy atom. The molecule has 0 unspecified atom stereocenters. The number of carbonyl (C=O) groups is 1. The first-order valence-corrected chi connectivity index (χ1v) is 7.64. The van der Waals surface area contributed by atoms with E-state index in [-0.39, 0.29) is 11.6 Å². The third-order valence-corrected chi connectivity index (χ3v) is 3.68. The number of aliphatic imine (C=N–C) groups is 1. The summed E-state index contributed by atoms with van der Waals surface area (Å²) in [5, 5.41) is 0. The average Bonchev–Trinajstić information content (AvgIpc) is 3.01. The van der Waals surface area contributed by atoms with Crippen LogP contribution in [0, 0.1) is 5.82 Å². The number of carbonyl (C=O) groups excluding carboxylic acids is 1. The fraction of sp³-hybridized carbons (Fsp3) is 0.158. The van der Waals surface area contributed by atoms with Gasteiger partial charge < -0.3 is 18.9 Å². The number of benzene rings is 2. The number of methoxy groups -OCH3 is 3. The molecule has 0 aromatic heterocycles. The monoisotopic (exact) mass is 357 g/mol. The minimum Gasteiger partial charge on any atom is -0.493 e. The maximum Gasteiger partial charge on any atom is 0.363 e. The molecular formula is C19H16FNO5. The molecule has 26 heavy (non-hydrogen) atoms. The Labute approximate surface area is 149 Å². The predicted molar refractivity (Wildman–Crippen MR) is 93.1 cm³/mol. The summed E-state index contributed by atoms with van der Waals surface area (Å²) < 4.78 is 34.3. The number of nitrogens with zero attached hydrogens (tertiary/aromatic N) is 1. The summed E-state index contributed by atoms with van der Waals surface area (Å²) >= 11 is 0. The van der Waals surface area contributed by atoms with Crippen LogP contribution in [0.2, 0.25) is 0 Å². The van der Waals surface area contributed by atoms with Crippen molar-refractivity contribution in [2.45, 2.75) is 0 Å². The van der Waals surface area contributed by atoms with E-state index in [1.165, 1.54) is 45.6 Å². The first kappa shape index (κ1) is 17.5.